The summed E-state index contributed by atoms with van der Waals surface area (Å²) in [5, 5.41) is -0.407. The van der Waals surface area contributed by atoms with Crippen LogP contribution in [0.1, 0.15) is 45.1 Å². The van der Waals surface area contributed by atoms with Crippen LogP contribution in [0.25, 0.3) is 0 Å². The molecule has 2 heterocycles. The Hall–Kier alpha value is -1.44. The van der Waals surface area contributed by atoms with Gasteiger partial charge < -0.3 is 9.64 Å². The zero-order chi connectivity index (χ0) is 20.1. The number of sulfonamides is 1. The molecule has 0 aromatic heterocycles. The predicted octanol–water partition coefficient (Wildman–Crippen LogP) is 2.44. The highest BCUT2D eigenvalue weighted by Gasteiger charge is 2.37. The monoisotopic (exact) mass is 408 g/mol. The van der Waals surface area contributed by atoms with Gasteiger partial charge in [0.2, 0.25) is 15.9 Å². The lowest BCUT2D eigenvalue weighted by Gasteiger charge is -2.43. The van der Waals surface area contributed by atoms with Crippen LogP contribution in [0, 0.1) is 0 Å². The van der Waals surface area contributed by atoms with E-state index in [2.05, 4.69) is 4.90 Å². The molecule has 7 heteroatoms. The average molecular weight is 409 g/mol. The van der Waals surface area contributed by atoms with Gasteiger partial charge in [0.15, 0.2) is 0 Å². The van der Waals surface area contributed by atoms with E-state index in [1.54, 1.807) is 18.2 Å². The van der Waals surface area contributed by atoms with Gasteiger partial charge in [-0.15, -0.1) is 0 Å². The Morgan fingerprint density at radius 1 is 1.07 bits per heavy atom. The third-order valence-electron chi connectivity index (χ3n) is 5.84. The third-order valence-corrected chi connectivity index (χ3v) is 8.12. The van der Waals surface area contributed by atoms with Crippen molar-refractivity contribution in [1.29, 1.82) is 0 Å². The summed E-state index contributed by atoms with van der Waals surface area (Å²) >= 11 is 0. The smallest absolute Gasteiger partial charge is 0.227 e. The van der Waals surface area contributed by atoms with Crippen molar-refractivity contribution in [3.8, 4) is 0 Å². The van der Waals surface area contributed by atoms with Crippen molar-refractivity contribution in [2.24, 2.45) is 0 Å². The minimum absolute atomic E-state index is 0.0953. The fraction of sp³-hybridized carbons (Fsp3) is 0.667. The Balaban J connectivity index is 1.72. The van der Waals surface area contributed by atoms with Crippen molar-refractivity contribution in [2.45, 2.75) is 63.3 Å². The fourth-order valence-electron chi connectivity index (χ4n) is 4.20. The summed E-state index contributed by atoms with van der Waals surface area (Å²) in [7, 11) is -3.23. The third kappa shape index (κ3) is 4.93. The number of benzene rings is 1. The van der Waals surface area contributed by atoms with Crippen molar-refractivity contribution in [3.05, 3.63) is 35.9 Å². The van der Waals surface area contributed by atoms with Gasteiger partial charge in [0.25, 0.3) is 0 Å². The lowest BCUT2D eigenvalue weighted by molar-refractivity contribution is -0.138. The van der Waals surface area contributed by atoms with Gasteiger partial charge in [-0.1, -0.05) is 30.3 Å². The van der Waals surface area contributed by atoms with Crippen LogP contribution in [0.5, 0.6) is 0 Å². The summed E-state index contributed by atoms with van der Waals surface area (Å²) in [4.78, 5) is 15.3. The maximum atomic E-state index is 13.3. The van der Waals surface area contributed by atoms with Crippen LogP contribution >= 0.6 is 0 Å². The van der Waals surface area contributed by atoms with E-state index in [9.17, 15) is 13.2 Å². The average Bonchev–Trinajstić information content (AvgIpc) is 2.70. The summed E-state index contributed by atoms with van der Waals surface area (Å²) in [6.45, 7) is 5.78. The molecule has 28 heavy (non-hydrogen) atoms. The standard InChI is InChI=1S/C21H32N2O4S/c1-17(2)28(25,26)22-12-8-19(9-13-22)23(20-10-14-27-15-11-20)21(24)16-18-6-4-3-5-7-18/h3-7,17,19-20H,8-16H2,1-2H3. The molecule has 0 radical (unpaired) electrons. The predicted molar refractivity (Wildman–Crippen MR) is 109 cm³/mol. The zero-order valence-corrected chi connectivity index (χ0v) is 17.7. The number of ether oxygens (including phenoxy) is 1. The molecule has 6 nitrogen and oxygen atoms in total. The Morgan fingerprint density at radius 3 is 2.21 bits per heavy atom. The molecule has 2 saturated heterocycles. The molecule has 0 atom stereocenters. The Morgan fingerprint density at radius 2 is 1.64 bits per heavy atom. The van der Waals surface area contributed by atoms with Crippen molar-refractivity contribution in [3.63, 3.8) is 0 Å². The number of amides is 1. The van der Waals surface area contributed by atoms with E-state index < -0.39 is 15.3 Å². The second kappa shape index (κ2) is 9.37. The van der Waals surface area contributed by atoms with Gasteiger partial charge in [-0.25, -0.2) is 12.7 Å². The topological polar surface area (TPSA) is 66.9 Å². The number of hydrogen-bond donors (Lipinski definition) is 0. The van der Waals surface area contributed by atoms with Crippen molar-refractivity contribution in [2.75, 3.05) is 26.3 Å². The van der Waals surface area contributed by atoms with Crippen LogP contribution in [0.15, 0.2) is 30.3 Å². The summed E-state index contributed by atoms with van der Waals surface area (Å²) in [5.41, 5.74) is 1.02. The summed E-state index contributed by atoms with van der Waals surface area (Å²) in [6, 6.07) is 10.1. The molecule has 0 unspecified atom stereocenters. The summed E-state index contributed by atoms with van der Waals surface area (Å²) < 4.78 is 32.0. The molecule has 1 amide bonds. The highest BCUT2D eigenvalue weighted by atomic mass is 32.2. The number of carbonyl (C=O) groups excluding carboxylic acids is 1. The van der Waals surface area contributed by atoms with Gasteiger partial charge in [-0.2, -0.15) is 0 Å². The van der Waals surface area contributed by atoms with Gasteiger partial charge in [0.1, 0.15) is 0 Å². The van der Waals surface area contributed by atoms with E-state index in [4.69, 9.17) is 4.74 Å². The van der Waals surface area contributed by atoms with Gasteiger partial charge in [-0.05, 0) is 45.1 Å². The van der Waals surface area contributed by atoms with Crippen molar-refractivity contribution >= 4 is 15.9 Å². The fourth-order valence-corrected chi connectivity index (χ4v) is 5.52. The molecule has 2 fully saturated rings. The SMILES string of the molecule is CC(C)S(=O)(=O)N1CCC(N(C(=O)Cc2ccccc2)C2CCOCC2)CC1. The molecular weight excluding hydrogens is 376 g/mol. The molecule has 0 saturated carbocycles. The van der Waals surface area contributed by atoms with Crippen LogP contribution in [0.2, 0.25) is 0 Å². The minimum atomic E-state index is -3.23. The maximum Gasteiger partial charge on any atom is 0.227 e. The van der Waals surface area contributed by atoms with Crippen LogP contribution in [0.4, 0.5) is 0 Å². The number of nitrogens with zero attached hydrogens (tertiary/aromatic N) is 2. The highest BCUT2D eigenvalue weighted by molar-refractivity contribution is 7.89. The van der Waals surface area contributed by atoms with Crippen LogP contribution in [-0.2, 0) is 26.0 Å². The van der Waals surface area contributed by atoms with Gasteiger partial charge >= 0.3 is 0 Å². The van der Waals surface area contributed by atoms with Gasteiger partial charge in [-0.3, -0.25) is 4.79 Å². The van der Waals surface area contributed by atoms with E-state index in [0.29, 0.717) is 45.6 Å². The van der Waals surface area contributed by atoms with Crippen LogP contribution in [0.3, 0.4) is 0 Å². The first kappa shape index (κ1) is 21.3. The first-order valence-corrected chi connectivity index (χ1v) is 11.8. The zero-order valence-electron chi connectivity index (χ0n) is 16.9. The number of piperidine rings is 1. The van der Waals surface area contributed by atoms with Gasteiger partial charge in [0, 0.05) is 38.4 Å². The lowest BCUT2D eigenvalue weighted by atomic mass is 9.97. The minimum Gasteiger partial charge on any atom is -0.381 e. The normalized spacial score (nSPS) is 20.4. The molecule has 1 aromatic rings. The molecule has 156 valence electrons. The first-order chi connectivity index (χ1) is 13.4. The summed E-state index contributed by atoms with van der Waals surface area (Å²) in [6.07, 6.45) is 3.49. The molecule has 0 spiro atoms. The molecule has 0 N–H and O–H groups in total. The molecule has 1 aromatic carbocycles. The number of rotatable bonds is 6. The van der Waals surface area contributed by atoms with Crippen molar-refractivity contribution < 1.29 is 17.9 Å². The van der Waals surface area contributed by atoms with Crippen LogP contribution in [-0.4, -0.2) is 67.2 Å². The largest absolute Gasteiger partial charge is 0.381 e. The van der Waals surface area contributed by atoms with E-state index in [-0.39, 0.29) is 18.0 Å². The molecule has 3 rings (SSSR count). The molecular formula is C21H32N2O4S. The highest BCUT2D eigenvalue weighted by Crippen LogP contribution is 2.26. The van der Waals surface area contributed by atoms with E-state index in [1.807, 2.05) is 30.3 Å². The van der Waals surface area contributed by atoms with E-state index in [0.717, 1.165) is 18.4 Å². The van der Waals surface area contributed by atoms with Gasteiger partial charge in [0.05, 0.1) is 11.7 Å². The maximum absolute atomic E-state index is 13.3. The quantitative estimate of drug-likeness (QED) is 0.725. The molecule has 0 bridgehead atoms. The van der Waals surface area contributed by atoms with Crippen molar-refractivity contribution in [1.82, 2.24) is 9.21 Å². The van der Waals surface area contributed by atoms with E-state index in [1.165, 1.54) is 0 Å². The molecule has 0 aliphatic carbocycles. The second-order valence-corrected chi connectivity index (χ2v) is 10.5. The number of hydrogen-bond acceptors (Lipinski definition) is 4. The van der Waals surface area contributed by atoms with Crippen LogP contribution < -0.4 is 0 Å². The Labute approximate surface area is 168 Å². The molecule has 2 aliphatic heterocycles. The first-order valence-electron chi connectivity index (χ1n) is 10.3. The second-order valence-electron chi connectivity index (χ2n) is 8.03. The number of carbonyl (C=O) groups is 1. The Bertz CT molecular complexity index is 737. The Kier molecular flexibility index (Phi) is 7.12. The lowest BCUT2D eigenvalue weighted by Crippen LogP contribution is -2.54. The molecule has 2 aliphatic rings. The van der Waals surface area contributed by atoms with E-state index >= 15 is 0 Å². The summed E-state index contributed by atoms with van der Waals surface area (Å²) in [5.74, 6) is 0.142.